The van der Waals surface area contributed by atoms with Gasteiger partial charge in [-0.25, -0.2) is 13.2 Å². The molecule has 0 bridgehead atoms. The Balaban J connectivity index is 0.000000668. The Hall–Kier alpha value is -3.01. The van der Waals surface area contributed by atoms with Gasteiger partial charge < -0.3 is 0 Å². The number of fused-ring (bicyclic) bond motifs is 1. The van der Waals surface area contributed by atoms with Gasteiger partial charge in [0.15, 0.2) is 15.6 Å². The van der Waals surface area contributed by atoms with E-state index >= 15 is 0 Å². The summed E-state index contributed by atoms with van der Waals surface area (Å²) >= 11 is 0. The van der Waals surface area contributed by atoms with E-state index in [0.717, 1.165) is 11.3 Å². The molecule has 1 aromatic heterocycles. The van der Waals surface area contributed by atoms with Gasteiger partial charge in [0.25, 0.3) is 0 Å². The van der Waals surface area contributed by atoms with Crippen LogP contribution in [0.2, 0.25) is 0 Å². The number of carbonyl (C=O) groups excluding carboxylic acids is 3. The van der Waals surface area contributed by atoms with E-state index in [0.29, 0.717) is 11.3 Å². The van der Waals surface area contributed by atoms with Crippen LogP contribution in [0.5, 0.6) is 0 Å². The number of amides is 1. The largest absolute Gasteiger partial charge is 0.483 e. The van der Waals surface area contributed by atoms with Crippen molar-refractivity contribution in [2.75, 3.05) is 16.4 Å². The number of pyridine rings is 1. The van der Waals surface area contributed by atoms with Gasteiger partial charge in [-0.05, 0) is 49.7 Å². The monoisotopic (exact) mass is 464 g/mol. The highest BCUT2D eigenvalue weighted by Gasteiger charge is 2.47. The zero-order valence-electron chi connectivity index (χ0n) is 17.8. The van der Waals surface area contributed by atoms with Crippen LogP contribution >= 0.6 is 0 Å². The van der Waals surface area contributed by atoms with Gasteiger partial charge in [-0.15, -0.1) is 8.78 Å². The second kappa shape index (κ2) is 8.16. The van der Waals surface area contributed by atoms with Crippen molar-refractivity contribution in [1.82, 2.24) is 4.98 Å². The molecule has 0 spiro atoms. The molecule has 32 heavy (non-hydrogen) atoms. The van der Waals surface area contributed by atoms with Crippen LogP contribution in [-0.4, -0.2) is 42.9 Å². The van der Waals surface area contributed by atoms with Crippen LogP contribution in [0.1, 0.15) is 43.1 Å². The van der Waals surface area contributed by atoms with E-state index in [4.69, 9.17) is 4.79 Å². The number of halogens is 2. The number of ketones is 1. The van der Waals surface area contributed by atoms with Crippen molar-refractivity contribution in [3.63, 3.8) is 0 Å². The maximum atomic E-state index is 13.1. The number of nitrogens with zero attached hydrogens (tertiary/aromatic N) is 2. The summed E-state index contributed by atoms with van der Waals surface area (Å²) in [7, 11) is -3.00. The summed E-state index contributed by atoms with van der Waals surface area (Å²) < 4.78 is 42.4. The quantitative estimate of drug-likeness (QED) is 0.499. The predicted molar refractivity (Wildman–Crippen MR) is 114 cm³/mol. The molecular weight excluding hydrogens is 442 g/mol. The Bertz CT molecular complexity index is 1180. The summed E-state index contributed by atoms with van der Waals surface area (Å²) in [4.78, 5) is 39.7. The molecule has 170 valence electrons. The van der Waals surface area contributed by atoms with Crippen LogP contribution in [0, 0.1) is 5.41 Å². The molecule has 1 amide bonds. The molecule has 7 nitrogen and oxygen atoms in total. The van der Waals surface area contributed by atoms with E-state index in [9.17, 15) is 26.8 Å². The first kappa shape index (κ1) is 23.6. The number of hydrogen-bond donors (Lipinski definition) is 0. The van der Waals surface area contributed by atoms with Crippen molar-refractivity contribution in [3.8, 4) is 0 Å². The molecule has 10 heteroatoms. The topological polar surface area (TPSA) is 101 Å². The van der Waals surface area contributed by atoms with Crippen molar-refractivity contribution in [2.24, 2.45) is 5.41 Å². The fourth-order valence-electron chi connectivity index (χ4n) is 4.26. The van der Waals surface area contributed by atoms with E-state index in [1.807, 2.05) is 26.8 Å². The number of carbonyl (C=O) groups is 3. The standard InChI is InChI=1S/C21H22N2O4S.CF2O/c1-20(2)16-9-14(18(24)10-21(3)12-28(26,27)13-21)6-7-17(16)23(19(20)25)15-5-4-8-22-11-15;2-1(3)4/h4-9,11H,10,12-13H2,1-3H3;. The van der Waals surface area contributed by atoms with Crippen LogP contribution in [0.25, 0.3) is 0 Å². The maximum Gasteiger partial charge on any atom is 0.483 e. The highest BCUT2D eigenvalue weighted by Crippen LogP contribution is 2.46. The molecule has 2 aromatic rings. The minimum Gasteiger partial charge on any atom is -0.294 e. The van der Waals surface area contributed by atoms with Crippen LogP contribution in [0.3, 0.4) is 0 Å². The molecule has 3 heterocycles. The first-order chi connectivity index (χ1) is 14.8. The second-order valence-corrected chi connectivity index (χ2v) is 10.9. The average molecular weight is 464 g/mol. The van der Waals surface area contributed by atoms with Crippen molar-refractivity contribution in [3.05, 3.63) is 53.9 Å². The molecule has 2 aliphatic rings. The lowest BCUT2D eigenvalue weighted by Crippen LogP contribution is -2.47. The number of aromatic nitrogens is 1. The zero-order valence-corrected chi connectivity index (χ0v) is 18.6. The number of sulfone groups is 1. The second-order valence-electron chi connectivity index (χ2n) is 8.88. The number of hydrogen-bond acceptors (Lipinski definition) is 6. The van der Waals surface area contributed by atoms with Gasteiger partial charge in [-0.2, -0.15) is 0 Å². The predicted octanol–water partition coefficient (Wildman–Crippen LogP) is 4.09. The van der Waals surface area contributed by atoms with Crippen LogP contribution in [0.15, 0.2) is 42.7 Å². The van der Waals surface area contributed by atoms with Crippen molar-refractivity contribution >= 4 is 39.2 Å². The molecule has 1 saturated heterocycles. The third kappa shape index (κ3) is 4.59. The van der Waals surface area contributed by atoms with Gasteiger partial charge in [0.05, 0.1) is 34.5 Å². The van der Waals surface area contributed by atoms with Gasteiger partial charge in [0.2, 0.25) is 5.91 Å². The van der Waals surface area contributed by atoms with Gasteiger partial charge >= 0.3 is 6.29 Å². The average Bonchev–Trinajstić information content (AvgIpc) is 2.86. The molecule has 2 aliphatic heterocycles. The molecule has 1 fully saturated rings. The number of benzene rings is 1. The molecule has 1 aromatic carbocycles. The van der Waals surface area contributed by atoms with Gasteiger partial charge in [-0.1, -0.05) is 6.92 Å². The van der Waals surface area contributed by atoms with Gasteiger partial charge in [-0.3, -0.25) is 19.5 Å². The Morgan fingerprint density at radius 3 is 2.28 bits per heavy atom. The van der Waals surface area contributed by atoms with Crippen molar-refractivity contribution in [1.29, 1.82) is 0 Å². The minimum absolute atomic E-state index is 0.0510. The lowest BCUT2D eigenvalue weighted by atomic mass is 9.83. The normalized spacial score (nSPS) is 19.3. The summed E-state index contributed by atoms with van der Waals surface area (Å²) in [6.45, 7) is 5.52. The SMILES string of the molecule is CC1(CC(=O)c2ccc3c(c2)C(C)(C)C(=O)N3c2cccnc2)CS(=O)(=O)C1.O=C(F)F. The zero-order chi connectivity index (χ0) is 23.9. The first-order valence-corrected chi connectivity index (χ1v) is 11.6. The molecule has 0 N–H and O–H groups in total. The lowest BCUT2D eigenvalue weighted by Gasteiger charge is -2.37. The van der Waals surface area contributed by atoms with E-state index in [2.05, 4.69) is 4.98 Å². The number of Topliss-reactive ketones (excluding diaryl/α,β-unsaturated/α-hetero) is 1. The highest BCUT2D eigenvalue weighted by atomic mass is 32.2. The summed E-state index contributed by atoms with van der Waals surface area (Å²) in [5.41, 5.74) is 1.46. The van der Waals surface area contributed by atoms with E-state index < -0.39 is 27.0 Å². The molecule has 0 saturated carbocycles. The summed E-state index contributed by atoms with van der Waals surface area (Å²) in [6, 6.07) is 8.89. The Labute approximate surface area is 184 Å². The fourth-order valence-corrected chi connectivity index (χ4v) is 6.51. The van der Waals surface area contributed by atoms with Crippen LogP contribution in [-0.2, 0) is 20.0 Å². The molecule has 0 radical (unpaired) electrons. The van der Waals surface area contributed by atoms with Crippen LogP contribution in [0.4, 0.5) is 25.0 Å². The molecule has 0 unspecified atom stereocenters. The third-order valence-electron chi connectivity index (χ3n) is 5.60. The minimum atomic E-state index is -3.00. The molecule has 4 rings (SSSR count). The first-order valence-electron chi connectivity index (χ1n) is 9.73. The van der Waals surface area contributed by atoms with Gasteiger partial charge in [0.1, 0.15) is 0 Å². The Kier molecular flexibility index (Phi) is 6.03. The molecular formula is C22H22F2N2O5S. The van der Waals surface area contributed by atoms with Crippen LogP contribution < -0.4 is 4.90 Å². The van der Waals surface area contributed by atoms with E-state index in [1.54, 1.807) is 41.6 Å². The lowest BCUT2D eigenvalue weighted by molar-refractivity contribution is -0.121. The molecule has 0 atom stereocenters. The fraction of sp³-hybridized carbons (Fsp3) is 0.364. The van der Waals surface area contributed by atoms with E-state index in [1.165, 1.54) is 0 Å². The van der Waals surface area contributed by atoms with Gasteiger partial charge in [0, 0.05) is 23.6 Å². The summed E-state index contributed by atoms with van der Waals surface area (Å²) in [6.07, 6.45) is 0.644. The van der Waals surface area contributed by atoms with Crippen molar-refractivity contribution in [2.45, 2.75) is 32.6 Å². The Morgan fingerprint density at radius 2 is 1.75 bits per heavy atom. The Morgan fingerprint density at radius 1 is 1.12 bits per heavy atom. The maximum absolute atomic E-state index is 13.1. The number of anilines is 2. The summed E-state index contributed by atoms with van der Waals surface area (Å²) in [5.74, 6) is -0.0642. The highest BCUT2D eigenvalue weighted by molar-refractivity contribution is 7.92. The number of rotatable bonds is 4. The van der Waals surface area contributed by atoms with E-state index in [-0.39, 0.29) is 29.6 Å². The summed E-state index contributed by atoms with van der Waals surface area (Å²) in [5, 5.41) is 0. The smallest absolute Gasteiger partial charge is 0.294 e. The molecule has 0 aliphatic carbocycles. The van der Waals surface area contributed by atoms with Crippen molar-refractivity contribution < 1.29 is 31.6 Å². The third-order valence-corrected chi connectivity index (χ3v) is 7.87.